The molecule has 2 aliphatic rings. The van der Waals surface area contributed by atoms with Crippen molar-refractivity contribution in [1.82, 2.24) is 0 Å². The predicted octanol–water partition coefficient (Wildman–Crippen LogP) is 2.66. The number of benzene rings is 1. The molecule has 1 aromatic carbocycles. The van der Waals surface area contributed by atoms with E-state index < -0.39 is 0 Å². The van der Waals surface area contributed by atoms with Gasteiger partial charge in [-0.15, -0.1) is 0 Å². The van der Waals surface area contributed by atoms with Crippen molar-refractivity contribution in [3.05, 3.63) is 23.8 Å². The first kappa shape index (κ1) is 11.8. The molecule has 0 unspecified atom stereocenters. The van der Waals surface area contributed by atoms with Crippen LogP contribution in [0.2, 0.25) is 0 Å². The molecule has 3 heteroatoms. The van der Waals surface area contributed by atoms with E-state index >= 15 is 0 Å². The number of anilines is 2. The van der Waals surface area contributed by atoms with Gasteiger partial charge in [0.15, 0.2) is 0 Å². The monoisotopic (exact) mass is 246 g/mol. The van der Waals surface area contributed by atoms with Gasteiger partial charge in [0.05, 0.1) is 18.8 Å². The largest absolute Gasteiger partial charge is 0.385 e. The van der Waals surface area contributed by atoms with Gasteiger partial charge >= 0.3 is 0 Å². The summed E-state index contributed by atoms with van der Waals surface area (Å²) in [6.45, 7) is 8.26. The van der Waals surface area contributed by atoms with Gasteiger partial charge in [0.1, 0.15) is 0 Å². The summed E-state index contributed by atoms with van der Waals surface area (Å²) in [6, 6.07) is 6.63. The van der Waals surface area contributed by atoms with Crippen LogP contribution in [0.1, 0.15) is 25.8 Å². The topological polar surface area (TPSA) is 24.5 Å². The molecule has 0 radical (unpaired) electrons. The minimum Gasteiger partial charge on any atom is -0.385 e. The zero-order valence-corrected chi connectivity index (χ0v) is 11.3. The lowest BCUT2D eigenvalue weighted by atomic mass is 9.96. The van der Waals surface area contributed by atoms with Crippen LogP contribution in [0.3, 0.4) is 0 Å². The second-order valence-corrected chi connectivity index (χ2v) is 5.85. The van der Waals surface area contributed by atoms with E-state index in [-0.39, 0.29) is 5.54 Å². The van der Waals surface area contributed by atoms with Crippen molar-refractivity contribution in [2.45, 2.75) is 32.2 Å². The van der Waals surface area contributed by atoms with Gasteiger partial charge in [0.2, 0.25) is 0 Å². The van der Waals surface area contributed by atoms with Gasteiger partial charge in [-0.25, -0.2) is 0 Å². The Morgan fingerprint density at radius 3 is 3.06 bits per heavy atom. The molecule has 3 rings (SSSR count). The average molecular weight is 246 g/mol. The first-order valence-corrected chi connectivity index (χ1v) is 6.90. The predicted molar refractivity (Wildman–Crippen MR) is 75.5 cm³/mol. The molecule has 0 aromatic heterocycles. The Bertz CT molecular complexity index is 442. The number of nitrogens with zero attached hydrogens (tertiary/aromatic N) is 1. The smallest absolute Gasteiger partial charge is 0.0694 e. The third kappa shape index (κ3) is 1.97. The zero-order valence-electron chi connectivity index (χ0n) is 11.3. The van der Waals surface area contributed by atoms with Crippen molar-refractivity contribution >= 4 is 11.4 Å². The van der Waals surface area contributed by atoms with Crippen molar-refractivity contribution < 1.29 is 4.74 Å². The summed E-state index contributed by atoms with van der Waals surface area (Å²) in [7, 11) is 0. The molecule has 0 aliphatic carbocycles. The standard InChI is InChI=1S/C15H22N2O/c1-15(2)11-18-10-9-17(15)14-7-3-6-13-12(14)5-4-8-16-13/h3,6-7,16H,4-5,8-11H2,1-2H3. The summed E-state index contributed by atoms with van der Waals surface area (Å²) in [4.78, 5) is 2.52. The number of hydrogen-bond acceptors (Lipinski definition) is 3. The Morgan fingerprint density at radius 2 is 2.22 bits per heavy atom. The van der Waals surface area contributed by atoms with Gasteiger partial charge in [-0.1, -0.05) is 6.07 Å². The van der Waals surface area contributed by atoms with Crippen molar-refractivity contribution in [2.75, 3.05) is 36.5 Å². The lowest BCUT2D eigenvalue weighted by Crippen LogP contribution is -2.53. The van der Waals surface area contributed by atoms with E-state index in [9.17, 15) is 0 Å². The quantitative estimate of drug-likeness (QED) is 0.824. The lowest BCUT2D eigenvalue weighted by Gasteiger charge is -2.45. The maximum Gasteiger partial charge on any atom is 0.0694 e. The maximum atomic E-state index is 5.62. The zero-order chi connectivity index (χ0) is 12.6. The van der Waals surface area contributed by atoms with Crippen LogP contribution in [0.5, 0.6) is 0 Å². The van der Waals surface area contributed by atoms with E-state index in [2.05, 4.69) is 42.3 Å². The van der Waals surface area contributed by atoms with Crippen LogP contribution >= 0.6 is 0 Å². The highest BCUT2D eigenvalue weighted by atomic mass is 16.5. The first-order valence-electron chi connectivity index (χ1n) is 6.90. The SMILES string of the molecule is CC1(C)COCCN1c1cccc2c1CCCN2. The summed E-state index contributed by atoms with van der Waals surface area (Å²) in [5, 5.41) is 3.51. The van der Waals surface area contributed by atoms with E-state index in [0.29, 0.717) is 0 Å². The van der Waals surface area contributed by atoms with Crippen LogP contribution in [0.25, 0.3) is 0 Å². The van der Waals surface area contributed by atoms with E-state index in [0.717, 1.165) is 26.3 Å². The maximum absolute atomic E-state index is 5.62. The van der Waals surface area contributed by atoms with E-state index in [1.807, 2.05) is 0 Å². The highest BCUT2D eigenvalue weighted by Crippen LogP contribution is 2.35. The van der Waals surface area contributed by atoms with Gasteiger partial charge in [-0.05, 0) is 44.4 Å². The van der Waals surface area contributed by atoms with E-state index in [1.54, 1.807) is 0 Å². The summed E-state index contributed by atoms with van der Waals surface area (Å²) in [5.74, 6) is 0. The molecule has 0 atom stereocenters. The Hall–Kier alpha value is -1.22. The Kier molecular flexibility index (Phi) is 2.94. The van der Waals surface area contributed by atoms with Gasteiger partial charge < -0.3 is 15.0 Å². The third-order valence-corrected chi connectivity index (χ3v) is 4.01. The molecular formula is C15H22N2O. The van der Waals surface area contributed by atoms with Crippen molar-refractivity contribution in [3.8, 4) is 0 Å². The van der Waals surface area contributed by atoms with E-state index in [4.69, 9.17) is 4.74 Å². The van der Waals surface area contributed by atoms with Crippen LogP contribution in [-0.4, -0.2) is 31.8 Å². The van der Waals surface area contributed by atoms with Gasteiger partial charge in [-0.3, -0.25) is 0 Å². The van der Waals surface area contributed by atoms with E-state index in [1.165, 1.54) is 29.8 Å². The van der Waals surface area contributed by atoms with Crippen molar-refractivity contribution in [3.63, 3.8) is 0 Å². The van der Waals surface area contributed by atoms with Gasteiger partial charge in [0.25, 0.3) is 0 Å². The Balaban J connectivity index is 2.00. The van der Waals surface area contributed by atoms with Crippen molar-refractivity contribution in [1.29, 1.82) is 0 Å². The molecule has 3 nitrogen and oxygen atoms in total. The molecule has 1 aromatic rings. The molecule has 1 N–H and O–H groups in total. The fourth-order valence-corrected chi connectivity index (χ4v) is 3.05. The van der Waals surface area contributed by atoms with Crippen LogP contribution in [0, 0.1) is 0 Å². The second-order valence-electron chi connectivity index (χ2n) is 5.85. The second kappa shape index (κ2) is 4.47. The molecule has 18 heavy (non-hydrogen) atoms. The highest BCUT2D eigenvalue weighted by molar-refractivity contribution is 5.68. The summed E-state index contributed by atoms with van der Waals surface area (Å²) >= 11 is 0. The first-order chi connectivity index (χ1) is 8.68. The lowest BCUT2D eigenvalue weighted by molar-refractivity contribution is 0.0643. The summed E-state index contributed by atoms with van der Waals surface area (Å²) in [5.41, 5.74) is 4.29. The summed E-state index contributed by atoms with van der Waals surface area (Å²) < 4.78 is 5.62. The third-order valence-electron chi connectivity index (χ3n) is 4.01. The van der Waals surface area contributed by atoms with Crippen LogP contribution in [0.15, 0.2) is 18.2 Å². The molecule has 0 bridgehead atoms. The Labute approximate surface area is 109 Å². The van der Waals surface area contributed by atoms with Gasteiger partial charge in [-0.2, -0.15) is 0 Å². The number of hydrogen-bond donors (Lipinski definition) is 1. The number of fused-ring (bicyclic) bond motifs is 1. The number of rotatable bonds is 1. The molecular weight excluding hydrogens is 224 g/mol. The van der Waals surface area contributed by atoms with Crippen LogP contribution in [-0.2, 0) is 11.2 Å². The number of ether oxygens (including phenoxy) is 1. The molecule has 2 heterocycles. The molecule has 1 fully saturated rings. The molecule has 0 saturated carbocycles. The highest BCUT2D eigenvalue weighted by Gasteiger charge is 2.32. The molecule has 0 amide bonds. The summed E-state index contributed by atoms with van der Waals surface area (Å²) in [6.07, 6.45) is 2.42. The molecule has 0 spiro atoms. The fraction of sp³-hybridized carbons (Fsp3) is 0.600. The number of nitrogens with one attached hydrogen (secondary N) is 1. The Morgan fingerprint density at radius 1 is 1.33 bits per heavy atom. The van der Waals surface area contributed by atoms with Crippen LogP contribution in [0.4, 0.5) is 11.4 Å². The van der Waals surface area contributed by atoms with Crippen LogP contribution < -0.4 is 10.2 Å². The fourth-order valence-electron chi connectivity index (χ4n) is 3.05. The molecule has 1 saturated heterocycles. The number of morpholine rings is 1. The van der Waals surface area contributed by atoms with Gasteiger partial charge in [0, 0.05) is 24.5 Å². The molecule has 98 valence electrons. The minimum atomic E-state index is 0.0881. The molecule has 2 aliphatic heterocycles. The minimum absolute atomic E-state index is 0.0881. The average Bonchev–Trinajstić information content (AvgIpc) is 2.38. The normalized spacial score (nSPS) is 22.2. The van der Waals surface area contributed by atoms with Crippen molar-refractivity contribution in [2.24, 2.45) is 0 Å².